The molecule has 0 saturated carbocycles. The summed E-state index contributed by atoms with van der Waals surface area (Å²) < 4.78 is 18.2. The zero-order chi connectivity index (χ0) is 25.2. The number of hydrogen-bond acceptors (Lipinski definition) is 5. The van der Waals surface area contributed by atoms with E-state index < -0.39 is 16.1 Å². The molecule has 0 aliphatic carbocycles. The lowest BCUT2D eigenvalue weighted by Gasteiger charge is -2.29. The fourth-order valence-electron chi connectivity index (χ4n) is 4.08. The minimum Gasteiger partial charge on any atom is -0.598 e. The molecule has 6 nitrogen and oxygen atoms in total. The molecule has 0 amide bonds. The molecule has 0 saturated heterocycles. The second-order valence-electron chi connectivity index (χ2n) is 9.87. The predicted molar refractivity (Wildman–Crippen MR) is 142 cm³/mol. The molecule has 0 bridgehead atoms. The van der Waals surface area contributed by atoms with Gasteiger partial charge in [0.15, 0.2) is 0 Å². The van der Waals surface area contributed by atoms with Gasteiger partial charge in [-0.05, 0) is 58.4 Å². The van der Waals surface area contributed by atoms with Crippen LogP contribution in [0, 0.1) is 11.3 Å². The molecule has 2 aromatic carbocycles. The molecule has 0 aliphatic rings. The van der Waals surface area contributed by atoms with Crippen LogP contribution in [0.25, 0.3) is 22.2 Å². The zero-order valence-corrected chi connectivity index (χ0v) is 21.6. The monoisotopic (exact) mass is 485 g/mol. The van der Waals surface area contributed by atoms with Gasteiger partial charge in [0.2, 0.25) is 0 Å². The van der Waals surface area contributed by atoms with Crippen LogP contribution in [0.5, 0.6) is 0 Å². The number of nitriles is 1. The molecule has 0 fully saturated rings. The fourth-order valence-corrected chi connectivity index (χ4v) is 4.91. The Morgan fingerprint density at radius 1 is 1.03 bits per heavy atom. The van der Waals surface area contributed by atoms with Gasteiger partial charge in [0, 0.05) is 40.5 Å². The molecule has 35 heavy (non-hydrogen) atoms. The van der Waals surface area contributed by atoms with E-state index in [1.165, 1.54) is 0 Å². The van der Waals surface area contributed by atoms with Gasteiger partial charge in [-0.1, -0.05) is 48.5 Å². The lowest BCUT2D eigenvalue weighted by molar-refractivity contribution is 0.521. The van der Waals surface area contributed by atoms with Crippen molar-refractivity contribution >= 4 is 22.3 Å². The molecule has 2 aromatic heterocycles. The fraction of sp³-hybridized carbons (Fsp3) is 0.321. The number of para-hydroxylation sites is 1. The smallest absolute Gasteiger partial charge is 0.140 e. The summed E-state index contributed by atoms with van der Waals surface area (Å²) in [5.74, 6) is 0. The Kier molecular flexibility index (Phi) is 7.27. The third-order valence-corrected chi connectivity index (χ3v) is 7.45. The zero-order valence-electron chi connectivity index (χ0n) is 20.8. The maximum Gasteiger partial charge on any atom is 0.140 e. The molecular weight excluding hydrogens is 454 g/mol. The molecule has 7 heteroatoms. The highest BCUT2D eigenvalue weighted by Crippen LogP contribution is 2.35. The van der Waals surface area contributed by atoms with Gasteiger partial charge in [-0.15, -0.1) is 4.72 Å². The van der Waals surface area contributed by atoms with E-state index in [1.807, 2.05) is 57.2 Å². The average molecular weight is 486 g/mol. The Balaban J connectivity index is 1.85. The second kappa shape index (κ2) is 10.2. The van der Waals surface area contributed by atoms with Crippen molar-refractivity contribution in [2.75, 3.05) is 0 Å². The van der Waals surface area contributed by atoms with Crippen molar-refractivity contribution in [3.8, 4) is 17.3 Å². The third kappa shape index (κ3) is 5.40. The number of nitrogens with one attached hydrogen (secondary N) is 1. The summed E-state index contributed by atoms with van der Waals surface area (Å²) in [6.07, 6.45) is 0.483. The highest BCUT2D eigenvalue weighted by Gasteiger charge is 2.31. The van der Waals surface area contributed by atoms with E-state index in [9.17, 15) is 9.81 Å². The molecule has 4 aromatic rings. The van der Waals surface area contributed by atoms with Crippen molar-refractivity contribution < 1.29 is 4.55 Å². The first-order valence-electron chi connectivity index (χ1n) is 11.8. The molecule has 180 valence electrons. The van der Waals surface area contributed by atoms with Gasteiger partial charge in [0.1, 0.15) is 22.2 Å². The highest BCUT2D eigenvalue weighted by molar-refractivity contribution is 7.90. The van der Waals surface area contributed by atoms with E-state index in [2.05, 4.69) is 58.6 Å². The van der Waals surface area contributed by atoms with Crippen molar-refractivity contribution in [3.05, 3.63) is 83.7 Å². The maximum atomic E-state index is 13.2. The van der Waals surface area contributed by atoms with E-state index in [0.29, 0.717) is 12.1 Å². The molecule has 2 heterocycles. The highest BCUT2D eigenvalue weighted by atomic mass is 32.2. The van der Waals surface area contributed by atoms with E-state index in [4.69, 9.17) is 5.10 Å². The van der Waals surface area contributed by atoms with Crippen molar-refractivity contribution in [2.24, 2.45) is 0 Å². The van der Waals surface area contributed by atoms with E-state index in [1.54, 1.807) is 6.07 Å². The van der Waals surface area contributed by atoms with Gasteiger partial charge >= 0.3 is 0 Å². The number of benzene rings is 2. The number of fused-ring (bicyclic) bond motifs is 1. The lowest BCUT2D eigenvalue weighted by Crippen LogP contribution is -2.42. The molecular formula is C28H31N5OS. The van der Waals surface area contributed by atoms with Gasteiger partial charge in [-0.25, -0.2) is 4.98 Å². The summed E-state index contributed by atoms with van der Waals surface area (Å²) in [4.78, 5) is 4.49. The first-order valence-corrected chi connectivity index (χ1v) is 12.9. The van der Waals surface area contributed by atoms with Crippen LogP contribution in [-0.4, -0.2) is 24.1 Å². The molecule has 0 radical (unpaired) electrons. The number of hydrogen-bond donors (Lipinski definition) is 1. The van der Waals surface area contributed by atoms with Gasteiger partial charge in [-0.2, -0.15) is 10.4 Å². The number of rotatable bonds is 7. The average Bonchev–Trinajstić information content (AvgIpc) is 3.23. The van der Waals surface area contributed by atoms with Crippen molar-refractivity contribution in [3.63, 3.8) is 0 Å². The summed E-state index contributed by atoms with van der Waals surface area (Å²) in [6, 6.07) is 23.8. The third-order valence-electron chi connectivity index (χ3n) is 5.83. The van der Waals surface area contributed by atoms with Gasteiger partial charge in [0.05, 0.1) is 11.6 Å². The van der Waals surface area contributed by atoms with Crippen LogP contribution in [0.15, 0.2) is 66.7 Å². The van der Waals surface area contributed by atoms with Gasteiger partial charge < -0.3 is 4.55 Å². The predicted octanol–water partition coefficient (Wildman–Crippen LogP) is 5.89. The maximum absolute atomic E-state index is 13.2. The standard InChI is InChI=1S/C28H31N5OS/c1-19(2)33-26-16-9-8-15-24(26)27(31-33)23-14-7-6-13-22(23)25(32-35(34)28(3,4)5)17-20-11-10-12-21(18-29)30-20/h6-16,19,25,32H,17H2,1-5H3/t25-,35?/m0/s1. The summed E-state index contributed by atoms with van der Waals surface area (Å²) in [5, 5.41) is 15.4. The number of pyridine rings is 1. The van der Waals surface area contributed by atoms with Crippen LogP contribution < -0.4 is 4.72 Å². The second-order valence-corrected chi connectivity index (χ2v) is 11.9. The Bertz CT molecular complexity index is 1370. The normalized spacial score (nSPS) is 13.7. The van der Waals surface area contributed by atoms with Crippen molar-refractivity contribution in [1.82, 2.24) is 19.5 Å². The SMILES string of the molecule is CC(C)n1nc(-c2ccccc2[C@H](Cc2cccc(C#N)n2)N[S+]([O-])C(C)(C)C)c2ccccc21. The summed E-state index contributed by atoms with van der Waals surface area (Å²) in [5.41, 5.74) is 5.10. The largest absolute Gasteiger partial charge is 0.598 e. The number of aromatic nitrogens is 3. The molecule has 0 spiro atoms. The Morgan fingerprint density at radius 2 is 1.74 bits per heavy atom. The minimum absolute atomic E-state index is 0.209. The summed E-state index contributed by atoms with van der Waals surface area (Å²) in [6.45, 7) is 10.1. The van der Waals surface area contributed by atoms with Crippen LogP contribution in [0.2, 0.25) is 0 Å². The van der Waals surface area contributed by atoms with Gasteiger partial charge in [0.25, 0.3) is 0 Å². The van der Waals surface area contributed by atoms with Crippen LogP contribution >= 0.6 is 0 Å². The quantitative estimate of drug-likeness (QED) is 0.330. The molecule has 1 N–H and O–H groups in total. The van der Waals surface area contributed by atoms with E-state index in [0.717, 1.165) is 33.4 Å². The van der Waals surface area contributed by atoms with Crippen LogP contribution in [0.4, 0.5) is 0 Å². The number of nitrogens with zero attached hydrogens (tertiary/aromatic N) is 4. The van der Waals surface area contributed by atoms with Crippen molar-refractivity contribution in [1.29, 1.82) is 5.26 Å². The van der Waals surface area contributed by atoms with Crippen LogP contribution in [-0.2, 0) is 17.8 Å². The Hall–Kier alpha value is -3.18. The van der Waals surface area contributed by atoms with Gasteiger partial charge in [-0.3, -0.25) is 4.68 Å². The summed E-state index contributed by atoms with van der Waals surface area (Å²) in [7, 11) is 0. The first kappa shape index (κ1) is 24.9. The first-order chi connectivity index (χ1) is 16.7. The van der Waals surface area contributed by atoms with E-state index >= 15 is 0 Å². The lowest BCUT2D eigenvalue weighted by atomic mass is 9.94. The molecule has 0 aliphatic heterocycles. The molecule has 4 rings (SSSR count). The van der Waals surface area contributed by atoms with Crippen LogP contribution in [0.3, 0.4) is 0 Å². The van der Waals surface area contributed by atoms with Crippen molar-refractivity contribution in [2.45, 2.75) is 57.9 Å². The van der Waals surface area contributed by atoms with E-state index in [-0.39, 0.29) is 12.1 Å². The molecule has 1 unspecified atom stereocenters. The minimum atomic E-state index is -1.31. The molecule has 2 atom stereocenters. The van der Waals surface area contributed by atoms with Crippen LogP contribution in [0.1, 0.15) is 63.7 Å². The Morgan fingerprint density at radius 3 is 2.46 bits per heavy atom. The topological polar surface area (TPSA) is 89.6 Å². The Labute approximate surface area is 210 Å². The summed E-state index contributed by atoms with van der Waals surface area (Å²) >= 11 is -1.31.